The van der Waals surface area contributed by atoms with Crippen LogP contribution in [-0.4, -0.2) is 21.3 Å². The molecule has 0 saturated heterocycles. The van der Waals surface area contributed by atoms with Crippen LogP contribution >= 0.6 is 0 Å². The molecule has 0 saturated carbocycles. The summed E-state index contributed by atoms with van der Waals surface area (Å²) in [6.07, 6.45) is 3.84. The smallest absolute Gasteiger partial charge is 0.0741 e. The normalized spacial score (nSPS) is 11.1. The number of nitrogens with one attached hydrogen (secondary N) is 1. The molecule has 0 unspecified atom stereocenters. The van der Waals surface area contributed by atoms with E-state index in [-0.39, 0.29) is 0 Å². The van der Waals surface area contributed by atoms with Crippen LogP contribution in [0.15, 0.2) is 42.7 Å². The molecule has 0 bridgehead atoms. The lowest BCUT2D eigenvalue weighted by molar-refractivity contribution is 0.715. The molecule has 0 fully saturated rings. The third-order valence-corrected chi connectivity index (χ3v) is 3.37. The summed E-state index contributed by atoms with van der Waals surface area (Å²) in [6.45, 7) is 5.84. The Kier molecular flexibility index (Phi) is 3.48. The van der Waals surface area contributed by atoms with Gasteiger partial charge >= 0.3 is 0 Å². The SMILES string of the molecule is CCNCc1cnc(C)cc1-n1ncc2ccccc21. The van der Waals surface area contributed by atoms with E-state index in [2.05, 4.69) is 40.5 Å². The van der Waals surface area contributed by atoms with Crippen LogP contribution in [0.5, 0.6) is 0 Å². The third kappa shape index (κ3) is 2.30. The van der Waals surface area contributed by atoms with Gasteiger partial charge < -0.3 is 5.32 Å². The Labute approximate surface area is 118 Å². The molecule has 0 aliphatic heterocycles. The Hall–Kier alpha value is -2.20. The minimum absolute atomic E-state index is 0.799. The predicted molar refractivity (Wildman–Crippen MR) is 81.0 cm³/mol. The molecule has 3 rings (SSSR count). The van der Waals surface area contributed by atoms with Crippen molar-refractivity contribution in [2.45, 2.75) is 20.4 Å². The van der Waals surface area contributed by atoms with Crippen LogP contribution in [0.3, 0.4) is 0 Å². The fourth-order valence-electron chi connectivity index (χ4n) is 2.33. The highest BCUT2D eigenvalue weighted by Crippen LogP contribution is 2.21. The number of aryl methyl sites for hydroxylation is 1. The molecule has 2 aromatic heterocycles. The van der Waals surface area contributed by atoms with E-state index in [0.29, 0.717) is 0 Å². The van der Waals surface area contributed by atoms with Gasteiger partial charge in [-0.2, -0.15) is 5.10 Å². The molecule has 1 N–H and O–H groups in total. The summed E-state index contributed by atoms with van der Waals surface area (Å²) in [5.41, 5.74) is 4.38. The minimum atomic E-state index is 0.799. The number of pyridine rings is 1. The second kappa shape index (κ2) is 5.43. The van der Waals surface area contributed by atoms with Crippen LogP contribution in [0.2, 0.25) is 0 Å². The number of aromatic nitrogens is 3. The van der Waals surface area contributed by atoms with Crippen LogP contribution in [-0.2, 0) is 6.54 Å². The first kappa shape index (κ1) is 12.8. The van der Waals surface area contributed by atoms with Crippen molar-refractivity contribution in [3.8, 4) is 5.69 Å². The number of hydrogen-bond donors (Lipinski definition) is 1. The van der Waals surface area contributed by atoms with Crippen LogP contribution in [0.25, 0.3) is 16.6 Å². The Morgan fingerprint density at radius 2 is 2.05 bits per heavy atom. The van der Waals surface area contributed by atoms with Crippen molar-refractivity contribution >= 4 is 10.9 Å². The summed E-state index contributed by atoms with van der Waals surface area (Å²) in [7, 11) is 0. The van der Waals surface area contributed by atoms with Crippen LogP contribution in [0.1, 0.15) is 18.2 Å². The highest BCUT2D eigenvalue weighted by molar-refractivity contribution is 5.80. The van der Waals surface area contributed by atoms with Gasteiger partial charge in [0, 0.05) is 29.4 Å². The third-order valence-electron chi connectivity index (χ3n) is 3.37. The highest BCUT2D eigenvalue weighted by atomic mass is 15.3. The van der Waals surface area contributed by atoms with Crippen molar-refractivity contribution in [2.75, 3.05) is 6.54 Å². The van der Waals surface area contributed by atoms with Gasteiger partial charge in [-0.05, 0) is 25.6 Å². The maximum absolute atomic E-state index is 4.54. The monoisotopic (exact) mass is 266 g/mol. The van der Waals surface area contributed by atoms with Crippen LogP contribution in [0, 0.1) is 6.92 Å². The highest BCUT2D eigenvalue weighted by Gasteiger charge is 2.09. The van der Waals surface area contributed by atoms with Gasteiger partial charge in [0.05, 0.1) is 17.4 Å². The number of para-hydroxylation sites is 1. The maximum atomic E-state index is 4.54. The molecular formula is C16H18N4. The first-order chi connectivity index (χ1) is 9.79. The summed E-state index contributed by atoms with van der Waals surface area (Å²) >= 11 is 0. The Balaban J connectivity index is 2.14. The Morgan fingerprint density at radius 3 is 2.90 bits per heavy atom. The topological polar surface area (TPSA) is 42.7 Å². The van der Waals surface area contributed by atoms with Crippen molar-refractivity contribution in [1.29, 1.82) is 0 Å². The molecule has 0 radical (unpaired) electrons. The molecule has 0 atom stereocenters. The van der Waals surface area contributed by atoms with Crippen molar-refractivity contribution in [3.05, 3.63) is 54.0 Å². The molecule has 20 heavy (non-hydrogen) atoms. The lowest BCUT2D eigenvalue weighted by atomic mass is 10.2. The van der Waals surface area contributed by atoms with Gasteiger partial charge in [-0.1, -0.05) is 25.1 Å². The Bertz CT molecular complexity index is 730. The van der Waals surface area contributed by atoms with Gasteiger partial charge in [0.15, 0.2) is 0 Å². The quantitative estimate of drug-likeness (QED) is 0.789. The summed E-state index contributed by atoms with van der Waals surface area (Å²) < 4.78 is 2.00. The van der Waals surface area contributed by atoms with Crippen molar-refractivity contribution in [1.82, 2.24) is 20.1 Å². The second-order valence-electron chi connectivity index (χ2n) is 4.85. The number of nitrogens with zero attached hydrogens (tertiary/aromatic N) is 3. The van der Waals surface area contributed by atoms with Gasteiger partial charge in [0.1, 0.15) is 0 Å². The van der Waals surface area contributed by atoms with E-state index in [1.807, 2.05) is 36.1 Å². The first-order valence-electron chi connectivity index (χ1n) is 6.89. The number of fused-ring (bicyclic) bond motifs is 1. The lowest BCUT2D eigenvalue weighted by Crippen LogP contribution is -2.15. The summed E-state index contributed by atoms with van der Waals surface area (Å²) in [4.78, 5) is 4.40. The number of hydrogen-bond acceptors (Lipinski definition) is 3. The van der Waals surface area contributed by atoms with Crippen molar-refractivity contribution in [3.63, 3.8) is 0 Å². The number of benzene rings is 1. The minimum Gasteiger partial charge on any atom is -0.313 e. The summed E-state index contributed by atoms with van der Waals surface area (Å²) in [5, 5.41) is 9.04. The Morgan fingerprint density at radius 1 is 1.20 bits per heavy atom. The lowest BCUT2D eigenvalue weighted by Gasteiger charge is -2.11. The standard InChI is InChI=1S/C16H18N4/c1-3-17-9-14-10-18-12(2)8-16(14)20-15-7-5-4-6-13(15)11-19-20/h4-8,10-11,17H,3,9H2,1-2H3. The predicted octanol–water partition coefficient (Wildman–Crippen LogP) is 2.84. The molecule has 4 heteroatoms. The molecule has 4 nitrogen and oxygen atoms in total. The fraction of sp³-hybridized carbons (Fsp3) is 0.250. The average Bonchev–Trinajstić information content (AvgIpc) is 2.90. The molecule has 0 spiro atoms. The zero-order chi connectivity index (χ0) is 13.9. The average molecular weight is 266 g/mol. The molecule has 102 valence electrons. The van der Waals surface area contributed by atoms with Gasteiger partial charge in [0.25, 0.3) is 0 Å². The zero-order valence-electron chi connectivity index (χ0n) is 11.8. The van der Waals surface area contributed by atoms with Crippen molar-refractivity contribution in [2.24, 2.45) is 0 Å². The van der Waals surface area contributed by atoms with E-state index in [1.54, 1.807) is 0 Å². The summed E-state index contributed by atoms with van der Waals surface area (Å²) in [6, 6.07) is 10.3. The van der Waals surface area contributed by atoms with Gasteiger partial charge in [0.2, 0.25) is 0 Å². The molecular weight excluding hydrogens is 248 g/mol. The molecule has 0 aliphatic rings. The van der Waals surface area contributed by atoms with Gasteiger partial charge in [-0.25, -0.2) is 4.68 Å². The molecule has 2 heterocycles. The van der Waals surface area contributed by atoms with E-state index in [1.165, 1.54) is 0 Å². The van der Waals surface area contributed by atoms with E-state index in [0.717, 1.165) is 40.9 Å². The maximum Gasteiger partial charge on any atom is 0.0741 e. The van der Waals surface area contributed by atoms with E-state index >= 15 is 0 Å². The largest absolute Gasteiger partial charge is 0.313 e. The van der Waals surface area contributed by atoms with Gasteiger partial charge in [-0.15, -0.1) is 0 Å². The fourth-order valence-corrected chi connectivity index (χ4v) is 2.33. The summed E-state index contributed by atoms with van der Waals surface area (Å²) in [5.74, 6) is 0. The number of rotatable bonds is 4. The van der Waals surface area contributed by atoms with Crippen LogP contribution in [0.4, 0.5) is 0 Å². The van der Waals surface area contributed by atoms with Crippen LogP contribution < -0.4 is 5.32 Å². The zero-order valence-corrected chi connectivity index (χ0v) is 11.8. The van der Waals surface area contributed by atoms with Crippen molar-refractivity contribution < 1.29 is 0 Å². The van der Waals surface area contributed by atoms with E-state index in [4.69, 9.17) is 0 Å². The molecule has 3 aromatic rings. The van der Waals surface area contributed by atoms with E-state index in [9.17, 15) is 0 Å². The molecule has 1 aromatic carbocycles. The van der Waals surface area contributed by atoms with Gasteiger partial charge in [-0.3, -0.25) is 4.98 Å². The first-order valence-corrected chi connectivity index (χ1v) is 6.89. The molecule has 0 aliphatic carbocycles. The second-order valence-corrected chi connectivity index (χ2v) is 4.85. The molecule has 0 amide bonds. The van der Waals surface area contributed by atoms with E-state index < -0.39 is 0 Å².